The molecular formula is C19H21ClN2O3. The summed E-state index contributed by atoms with van der Waals surface area (Å²) in [4.78, 5) is 19.2. The van der Waals surface area contributed by atoms with Crippen LogP contribution in [0.15, 0.2) is 36.4 Å². The van der Waals surface area contributed by atoms with Gasteiger partial charge in [-0.15, -0.1) is 0 Å². The number of halogens is 1. The Labute approximate surface area is 152 Å². The lowest BCUT2D eigenvalue weighted by molar-refractivity contribution is -0.0487. The molecule has 0 radical (unpaired) electrons. The van der Waals surface area contributed by atoms with Crippen LogP contribution in [0.25, 0.3) is 0 Å². The third kappa shape index (κ3) is 3.78. The van der Waals surface area contributed by atoms with E-state index in [0.717, 1.165) is 11.3 Å². The number of morpholine rings is 1. The molecule has 3 rings (SSSR count). The maximum Gasteiger partial charge on any atom is 0.259 e. The molecule has 25 heavy (non-hydrogen) atoms. The molecule has 1 aromatic carbocycles. The number of amides is 1. The second kappa shape index (κ2) is 7.42. The summed E-state index contributed by atoms with van der Waals surface area (Å²) in [5.41, 5.74) is 2.23. The van der Waals surface area contributed by atoms with Gasteiger partial charge in [0.25, 0.3) is 5.91 Å². The summed E-state index contributed by atoms with van der Waals surface area (Å²) in [6.45, 7) is 4.76. The SMILES string of the molecule is COc1nc(C)ccc1C(=O)N1CC(c2cccc(Cl)c2)OCC1C. The van der Waals surface area contributed by atoms with Crippen LogP contribution < -0.4 is 4.74 Å². The van der Waals surface area contributed by atoms with E-state index in [1.54, 1.807) is 6.07 Å². The van der Waals surface area contributed by atoms with E-state index in [2.05, 4.69) is 4.98 Å². The molecule has 1 aromatic heterocycles. The van der Waals surface area contributed by atoms with E-state index < -0.39 is 0 Å². The Kier molecular flexibility index (Phi) is 5.25. The Morgan fingerprint density at radius 1 is 1.36 bits per heavy atom. The third-order valence-electron chi connectivity index (χ3n) is 4.34. The van der Waals surface area contributed by atoms with Crippen molar-refractivity contribution in [3.8, 4) is 5.88 Å². The zero-order valence-corrected chi connectivity index (χ0v) is 15.3. The highest BCUT2D eigenvalue weighted by molar-refractivity contribution is 6.30. The van der Waals surface area contributed by atoms with Crippen LogP contribution in [0.4, 0.5) is 0 Å². The number of aromatic nitrogens is 1. The van der Waals surface area contributed by atoms with Crippen LogP contribution in [0.2, 0.25) is 5.02 Å². The number of carbonyl (C=O) groups is 1. The Balaban J connectivity index is 1.86. The van der Waals surface area contributed by atoms with Gasteiger partial charge in [-0.2, -0.15) is 0 Å². The minimum absolute atomic E-state index is 0.0334. The van der Waals surface area contributed by atoms with Crippen molar-refractivity contribution in [2.45, 2.75) is 26.0 Å². The average Bonchev–Trinajstić information content (AvgIpc) is 2.61. The molecule has 0 N–H and O–H groups in total. The van der Waals surface area contributed by atoms with Crippen molar-refractivity contribution in [2.24, 2.45) is 0 Å². The fourth-order valence-electron chi connectivity index (χ4n) is 2.95. The summed E-state index contributed by atoms with van der Waals surface area (Å²) >= 11 is 6.08. The number of aryl methyl sites for hydroxylation is 1. The fourth-order valence-corrected chi connectivity index (χ4v) is 3.15. The molecule has 1 amide bonds. The standard InChI is InChI=1S/C19H21ClN2O3/c1-12-7-8-16(18(21-12)24-3)19(23)22-10-17(25-11-13(22)2)14-5-4-6-15(20)9-14/h4-9,13,17H,10-11H2,1-3H3. The summed E-state index contributed by atoms with van der Waals surface area (Å²) in [5.74, 6) is 0.246. The summed E-state index contributed by atoms with van der Waals surface area (Å²) in [7, 11) is 1.52. The maximum absolute atomic E-state index is 13.1. The summed E-state index contributed by atoms with van der Waals surface area (Å²) in [5, 5.41) is 0.655. The molecule has 2 atom stereocenters. The van der Waals surface area contributed by atoms with Gasteiger partial charge in [0.1, 0.15) is 11.7 Å². The molecule has 1 aliphatic heterocycles. The van der Waals surface area contributed by atoms with E-state index in [0.29, 0.717) is 29.6 Å². The van der Waals surface area contributed by atoms with E-state index in [1.807, 2.05) is 49.1 Å². The van der Waals surface area contributed by atoms with Crippen LogP contribution in [-0.4, -0.2) is 42.1 Å². The number of carbonyl (C=O) groups excluding carboxylic acids is 1. The minimum Gasteiger partial charge on any atom is -0.480 e. The van der Waals surface area contributed by atoms with Gasteiger partial charge in [0.2, 0.25) is 5.88 Å². The first kappa shape index (κ1) is 17.7. The number of methoxy groups -OCH3 is 1. The number of benzene rings is 1. The van der Waals surface area contributed by atoms with Crippen LogP contribution in [0.5, 0.6) is 5.88 Å². The Bertz CT molecular complexity index is 781. The van der Waals surface area contributed by atoms with Crippen molar-refractivity contribution in [3.63, 3.8) is 0 Å². The third-order valence-corrected chi connectivity index (χ3v) is 4.57. The van der Waals surface area contributed by atoms with Crippen LogP contribution in [-0.2, 0) is 4.74 Å². The normalized spacial score (nSPS) is 20.4. The number of nitrogens with zero attached hydrogens (tertiary/aromatic N) is 2. The Hall–Kier alpha value is -2.11. The molecule has 132 valence electrons. The number of pyridine rings is 1. The molecule has 0 spiro atoms. The second-order valence-corrected chi connectivity index (χ2v) is 6.63. The molecule has 0 bridgehead atoms. The van der Waals surface area contributed by atoms with Crippen LogP contribution in [0, 0.1) is 6.92 Å². The van der Waals surface area contributed by atoms with Gasteiger partial charge < -0.3 is 14.4 Å². The molecule has 6 heteroatoms. The molecule has 2 unspecified atom stereocenters. The van der Waals surface area contributed by atoms with E-state index in [4.69, 9.17) is 21.1 Å². The van der Waals surface area contributed by atoms with Crippen molar-refractivity contribution in [1.82, 2.24) is 9.88 Å². The van der Waals surface area contributed by atoms with Gasteiger partial charge in [0.15, 0.2) is 0 Å². The van der Waals surface area contributed by atoms with E-state index >= 15 is 0 Å². The van der Waals surface area contributed by atoms with Crippen molar-refractivity contribution in [2.75, 3.05) is 20.3 Å². The highest BCUT2D eigenvalue weighted by atomic mass is 35.5. The van der Waals surface area contributed by atoms with Gasteiger partial charge >= 0.3 is 0 Å². The zero-order valence-electron chi connectivity index (χ0n) is 14.5. The quantitative estimate of drug-likeness (QED) is 0.838. The van der Waals surface area contributed by atoms with Gasteiger partial charge in [-0.3, -0.25) is 4.79 Å². The smallest absolute Gasteiger partial charge is 0.259 e. The minimum atomic E-state index is -0.205. The predicted molar refractivity (Wildman–Crippen MR) is 96.2 cm³/mol. The largest absolute Gasteiger partial charge is 0.480 e. The number of hydrogen-bond acceptors (Lipinski definition) is 4. The summed E-state index contributed by atoms with van der Waals surface area (Å²) < 4.78 is 11.2. The van der Waals surface area contributed by atoms with Gasteiger partial charge in [0.05, 0.1) is 26.3 Å². The summed E-state index contributed by atoms with van der Waals surface area (Å²) in [6, 6.07) is 11.1. The molecule has 5 nitrogen and oxygen atoms in total. The van der Waals surface area contributed by atoms with Crippen LogP contribution >= 0.6 is 11.6 Å². The molecule has 1 saturated heterocycles. The lowest BCUT2D eigenvalue weighted by Gasteiger charge is -2.38. The molecule has 2 heterocycles. The Morgan fingerprint density at radius 3 is 2.88 bits per heavy atom. The highest BCUT2D eigenvalue weighted by Crippen LogP contribution is 2.29. The predicted octanol–water partition coefficient (Wildman–Crippen LogP) is 3.65. The number of hydrogen-bond donors (Lipinski definition) is 0. The van der Waals surface area contributed by atoms with E-state index in [1.165, 1.54) is 7.11 Å². The lowest BCUT2D eigenvalue weighted by Crippen LogP contribution is -2.48. The molecule has 0 saturated carbocycles. The lowest BCUT2D eigenvalue weighted by atomic mass is 10.0. The molecule has 0 aliphatic carbocycles. The molecule has 2 aromatic rings. The van der Waals surface area contributed by atoms with Crippen molar-refractivity contribution >= 4 is 17.5 Å². The zero-order chi connectivity index (χ0) is 18.0. The topological polar surface area (TPSA) is 51.7 Å². The van der Waals surface area contributed by atoms with Gasteiger partial charge in [0, 0.05) is 10.7 Å². The van der Waals surface area contributed by atoms with Crippen LogP contribution in [0.1, 0.15) is 34.6 Å². The van der Waals surface area contributed by atoms with E-state index in [-0.39, 0.29) is 18.1 Å². The monoisotopic (exact) mass is 360 g/mol. The number of rotatable bonds is 3. The molecule has 1 fully saturated rings. The van der Waals surface area contributed by atoms with Crippen molar-refractivity contribution < 1.29 is 14.3 Å². The Morgan fingerprint density at radius 2 is 2.16 bits per heavy atom. The van der Waals surface area contributed by atoms with Crippen molar-refractivity contribution in [1.29, 1.82) is 0 Å². The second-order valence-electron chi connectivity index (χ2n) is 6.19. The van der Waals surface area contributed by atoms with Gasteiger partial charge in [-0.1, -0.05) is 23.7 Å². The van der Waals surface area contributed by atoms with Crippen LogP contribution in [0.3, 0.4) is 0 Å². The highest BCUT2D eigenvalue weighted by Gasteiger charge is 2.32. The number of ether oxygens (including phenoxy) is 2. The maximum atomic E-state index is 13.1. The fraction of sp³-hybridized carbons (Fsp3) is 0.368. The van der Waals surface area contributed by atoms with Crippen molar-refractivity contribution in [3.05, 3.63) is 58.2 Å². The van der Waals surface area contributed by atoms with E-state index in [9.17, 15) is 4.79 Å². The first-order valence-electron chi connectivity index (χ1n) is 8.19. The average molecular weight is 361 g/mol. The first-order valence-corrected chi connectivity index (χ1v) is 8.57. The molecular weight excluding hydrogens is 340 g/mol. The molecule has 1 aliphatic rings. The van der Waals surface area contributed by atoms with Gasteiger partial charge in [-0.05, 0) is 43.7 Å². The first-order chi connectivity index (χ1) is 12.0. The van der Waals surface area contributed by atoms with Gasteiger partial charge in [-0.25, -0.2) is 4.98 Å². The summed E-state index contributed by atoms with van der Waals surface area (Å²) in [6.07, 6.45) is -0.205.